The molecule has 1 amide bonds. The molecule has 0 fully saturated rings. The zero-order chi connectivity index (χ0) is 18.0. The second-order valence-electron chi connectivity index (χ2n) is 6.92. The van der Waals surface area contributed by atoms with E-state index in [2.05, 4.69) is 36.2 Å². The van der Waals surface area contributed by atoms with Crippen LogP contribution in [0, 0.1) is 0 Å². The molecular weight excluding hydrogens is 312 g/mol. The van der Waals surface area contributed by atoms with E-state index >= 15 is 0 Å². The molecule has 130 valence electrons. The van der Waals surface area contributed by atoms with Crippen LogP contribution < -0.4 is 10.1 Å². The van der Waals surface area contributed by atoms with Crippen molar-refractivity contribution in [1.29, 1.82) is 0 Å². The van der Waals surface area contributed by atoms with Crippen molar-refractivity contribution >= 4 is 17.3 Å². The predicted molar refractivity (Wildman–Crippen MR) is 102 cm³/mol. The van der Waals surface area contributed by atoms with E-state index < -0.39 is 0 Å². The number of methoxy groups -OCH3 is 1. The number of benzene rings is 2. The van der Waals surface area contributed by atoms with Crippen LogP contribution in [0.15, 0.2) is 54.6 Å². The third-order valence-corrected chi connectivity index (χ3v) is 4.82. The largest absolute Gasteiger partial charge is 0.495 e. The minimum atomic E-state index is -0.168. The third kappa shape index (κ3) is 3.38. The molecule has 0 atom stereocenters. The van der Waals surface area contributed by atoms with Crippen molar-refractivity contribution in [2.75, 3.05) is 19.5 Å². The molecule has 0 spiro atoms. The number of ether oxygens (including phenoxy) is 1. The van der Waals surface area contributed by atoms with Gasteiger partial charge < -0.3 is 15.0 Å². The Morgan fingerprint density at radius 3 is 2.60 bits per heavy atom. The molecule has 4 heteroatoms. The van der Waals surface area contributed by atoms with E-state index in [0.717, 1.165) is 17.7 Å². The van der Waals surface area contributed by atoms with Gasteiger partial charge in [0, 0.05) is 29.9 Å². The van der Waals surface area contributed by atoms with Crippen LogP contribution in [0.25, 0.3) is 5.70 Å². The highest BCUT2D eigenvalue weighted by Gasteiger charge is 2.33. The van der Waals surface area contributed by atoms with Gasteiger partial charge in [-0.1, -0.05) is 36.4 Å². The average molecular weight is 336 g/mol. The Balaban J connectivity index is 1.95. The molecular formula is C21H24N2O2. The fraction of sp³-hybridized carbons (Fsp3) is 0.286. The summed E-state index contributed by atoms with van der Waals surface area (Å²) in [5.74, 6) is 0.478. The predicted octanol–water partition coefficient (Wildman–Crippen LogP) is 3.94. The van der Waals surface area contributed by atoms with Crippen molar-refractivity contribution in [3.05, 3.63) is 65.7 Å². The molecule has 0 aromatic heterocycles. The van der Waals surface area contributed by atoms with Gasteiger partial charge in [-0.25, -0.2) is 0 Å². The molecule has 2 aromatic carbocycles. The molecule has 1 heterocycles. The summed E-state index contributed by atoms with van der Waals surface area (Å²) in [6.07, 6.45) is 2.62. The highest BCUT2D eigenvalue weighted by molar-refractivity contribution is 6.04. The summed E-state index contributed by atoms with van der Waals surface area (Å²) in [4.78, 5) is 14.8. The van der Waals surface area contributed by atoms with Gasteiger partial charge >= 0.3 is 0 Å². The molecule has 1 N–H and O–H groups in total. The zero-order valence-electron chi connectivity index (χ0n) is 15.2. The fourth-order valence-corrected chi connectivity index (χ4v) is 3.23. The quantitative estimate of drug-likeness (QED) is 0.863. The highest BCUT2D eigenvalue weighted by Crippen LogP contribution is 2.36. The molecule has 0 bridgehead atoms. The smallest absolute Gasteiger partial charge is 0.250 e. The number of nitrogens with one attached hydrogen (secondary N) is 1. The minimum Gasteiger partial charge on any atom is -0.495 e. The maximum absolute atomic E-state index is 12.6. The van der Waals surface area contributed by atoms with Crippen LogP contribution in [-0.2, 0) is 11.2 Å². The van der Waals surface area contributed by atoms with Gasteiger partial charge in [-0.3, -0.25) is 4.79 Å². The number of likely N-dealkylation sites (N-methyl/N-ethyl adjacent to an activating group) is 1. The summed E-state index contributed by atoms with van der Waals surface area (Å²) in [5, 5.41) is 2.92. The first-order valence-electron chi connectivity index (χ1n) is 8.40. The summed E-state index contributed by atoms with van der Waals surface area (Å²) < 4.78 is 5.30. The summed E-state index contributed by atoms with van der Waals surface area (Å²) in [7, 11) is 3.63. The Kier molecular flexibility index (Phi) is 4.53. The van der Waals surface area contributed by atoms with Gasteiger partial charge in [0.15, 0.2) is 0 Å². The maximum Gasteiger partial charge on any atom is 0.250 e. The molecule has 1 aliphatic heterocycles. The van der Waals surface area contributed by atoms with E-state index in [0.29, 0.717) is 11.4 Å². The normalized spacial score (nSPS) is 17.1. The van der Waals surface area contributed by atoms with E-state index in [1.54, 1.807) is 13.2 Å². The maximum atomic E-state index is 12.6. The standard InChI is InChI=1S/C21H24N2O2/c1-21(2)14-15-9-5-6-10-16(15)18(23(21)3)13-20(24)22-17-11-7-8-12-19(17)25-4/h5-13H,14H2,1-4H3,(H,22,24)/b18-13-. The number of para-hydroxylation sites is 2. The Morgan fingerprint density at radius 2 is 1.84 bits per heavy atom. The number of rotatable bonds is 3. The van der Waals surface area contributed by atoms with Crippen molar-refractivity contribution in [2.45, 2.75) is 25.8 Å². The third-order valence-electron chi connectivity index (χ3n) is 4.82. The summed E-state index contributed by atoms with van der Waals surface area (Å²) >= 11 is 0. The average Bonchev–Trinajstić information content (AvgIpc) is 2.59. The van der Waals surface area contributed by atoms with Gasteiger partial charge in [0.05, 0.1) is 12.8 Å². The number of nitrogens with zero attached hydrogens (tertiary/aromatic N) is 1. The van der Waals surface area contributed by atoms with Crippen molar-refractivity contribution in [1.82, 2.24) is 4.90 Å². The Bertz CT molecular complexity index is 824. The SMILES string of the molecule is COc1ccccc1NC(=O)/C=C1/c2ccccc2CC(C)(C)N1C. The van der Waals surface area contributed by atoms with Gasteiger partial charge in [-0.15, -0.1) is 0 Å². The van der Waals surface area contributed by atoms with Crippen LogP contribution in [-0.4, -0.2) is 30.5 Å². The van der Waals surface area contributed by atoms with Crippen LogP contribution >= 0.6 is 0 Å². The molecule has 25 heavy (non-hydrogen) atoms. The van der Waals surface area contributed by atoms with E-state index in [1.165, 1.54) is 5.56 Å². The number of amides is 1. The van der Waals surface area contributed by atoms with Crippen LogP contribution in [0.4, 0.5) is 5.69 Å². The van der Waals surface area contributed by atoms with Gasteiger partial charge in [-0.05, 0) is 38.0 Å². The summed E-state index contributed by atoms with van der Waals surface area (Å²) in [6.45, 7) is 4.38. The second kappa shape index (κ2) is 6.63. The molecule has 4 nitrogen and oxygen atoms in total. The second-order valence-corrected chi connectivity index (χ2v) is 6.92. The van der Waals surface area contributed by atoms with E-state index in [9.17, 15) is 4.79 Å². The molecule has 3 rings (SSSR count). The van der Waals surface area contributed by atoms with E-state index in [-0.39, 0.29) is 11.4 Å². The van der Waals surface area contributed by atoms with Crippen LogP contribution in [0.2, 0.25) is 0 Å². The first-order chi connectivity index (χ1) is 11.9. The van der Waals surface area contributed by atoms with E-state index in [4.69, 9.17) is 4.74 Å². The van der Waals surface area contributed by atoms with Crippen LogP contribution in [0.3, 0.4) is 0 Å². The zero-order valence-corrected chi connectivity index (χ0v) is 15.2. The molecule has 0 aliphatic carbocycles. The lowest BCUT2D eigenvalue weighted by atomic mass is 9.84. The van der Waals surface area contributed by atoms with Crippen molar-refractivity contribution in [3.8, 4) is 5.75 Å². The lowest BCUT2D eigenvalue weighted by Gasteiger charge is -2.44. The Labute approximate surface area is 149 Å². The number of carbonyl (C=O) groups excluding carboxylic acids is 1. The van der Waals surface area contributed by atoms with Gasteiger partial charge in [-0.2, -0.15) is 0 Å². The monoisotopic (exact) mass is 336 g/mol. The number of carbonyl (C=O) groups is 1. The highest BCUT2D eigenvalue weighted by atomic mass is 16.5. The van der Waals surface area contributed by atoms with Crippen LogP contribution in [0.5, 0.6) is 5.75 Å². The molecule has 0 radical (unpaired) electrons. The minimum absolute atomic E-state index is 0.0507. The molecule has 0 saturated carbocycles. The van der Waals surface area contributed by atoms with Crippen molar-refractivity contribution in [2.24, 2.45) is 0 Å². The molecule has 0 unspecified atom stereocenters. The fourth-order valence-electron chi connectivity index (χ4n) is 3.23. The number of fused-ring (bicyclic) bond motifs is 1. The first-order valence-corrected chi connectivity index (χ1v) is 8.40. The molecule has 0 saturated heterocycles. The summed E-state index contributed by atoms with van der Waals surface area (Å²) in [6, 6.07) is 15.7. The van der Waals surface area contributed by atoms with Gasteiger partial charge in [0.1, 0.15) is 5.75 Å². The molecule has 1 aliphatic rings. The number of hydrogen-bond acceptors (Lipinski definition) is 3. The van der Waals surface area contributed by atoms with Crippen LogP contribution in [0.1, 0.15) is 25.0 Å². The van der Waals surface area contributed by atoms with Crippen molar-refractivity contribution in [3.63, 3.8) is 0 Å². The summed E-state index contributed by atoms with van der Waals surface area (Å²) in [5.41, 5.74) is 3.92. The van der Waals surface area contributed by atoms with Gasteiger partial charge in [0.25, 0.3) is 5.91 Å². The van der Waals surface area contributed by atoms with E-state index in [1.807, 2.05) is 43.4 Å². The number of anilines is 1. The lowest BCUT2D eigenvalue weighted by molar-refractivity contribution is -0.111. The Hall–Kier alpha value is -2.75. The number of hydrogen-bond donors (Lipinski definition) is 1. The van der Waals surface area contributed by atoms with Gasteiger partial charge in [0.2, 0.25) is 0 Å². The lowest BCUT2D eigenvalue weighted by Crippen LogP contribution is -2.45. The molecule has 2 aromatic rings. The Morgan fingerprint density at radius 1 is 1.16 bits per heavy atom. The first kappa shape index (κ1) is 17.1. The van der Waals surface area contributed by atoms with Crippen molar-refractivity contribution < 1.29 is 9.53 Å². The topological polar surface area (TPSA) is 41.6 Å².